The maximum Gasteiger partial charge on any atom is 0.248 e. The van der Waals surface area contributed by atoms with E-state index in [0.717, 1.165) is 31.7 Å². The Morgan fingerprint density at radius 3 is 2.67 bits per heavy atom. The lowest BCUT2D eigenvalue weighted by atomic mass is 10.1. The smallest absolute Gasteiger partial charge is 0.248 e. The molecule has 0 saturated carbocycles. The van der Waals surface area contributed by atoms with Crippen molar-refractivity contribution in [2.24, 2.45) is 0 Å². The second-order valence-corrected chi connectivity index (χ2v) is 4.49. The Balaban J connectivity index is 1.78. The molecule has 1 aromatic rings. The van der Waals surface area contributed by atoms with Crippen molar-refractivity contribution < 1.29 is 9.53 Å². The zero-order valence-corrected chi connectivity index (χ0v) is 10.8. The summed E-state index contributed by atoms with van der Waals surface area (Å²) in [6, 6.07) is 9.96. The molecule has 98 valence electrons. The number of hydrogen-bond acceptors (Lipinski definition) is 3. The van der Waals surface area contributed by atoms with E-state index >= 15 is 0 Å². The molecule has 18 heavy (non-hydrogen) atoms. The Kier molecular flexibility index (Phi) is 4.73. The second kappa shape index (κ2) is 6.52. The molecule has 1 heterocycles. The lowest BCUT2D eigenvalue weighted by Crippen LogP contribution is -2.47. The number of nitrogens with one attached hydrogen (secondary N) is 1. The Hall–Kier alpha value is -1.39. The SMILES string of the molecule is CC(OCC(=O)N1CCNCC1)c1ccccc1. The molecule has 1 unspecified atom stereocenters. The summed E-state index contributed by atoms with van der Waals surface area (Å²) in [6.07, 6.45) is -0.0435. The van der Waals surface area contributed by atoms with Gasteiger partial charge in [0.1, 0.15) is 6.61 Å². The molecule has 1 N–H and O–H groups in total. The number of carbonyl (C=O) groups excluding carboxylic acids is 1. The van der Waals surface area contributed by atoms with Gasteiger partial charge in [-0.15, -0.1) is 0 Å². The Morgan fingerprint density at radius 1 is 1.33 bits per heavy atom. The molecule has 0 bridgehead atoms. The van der Waals surface area contributed by atoms with Gasteiger partial charge in [0.15, 0.2) is 0 Å². The maximum absolute atomic E-state index is 11.9. The van der Waals surface area contributed by atoms with E-state index in [-0.39, 0.29) is 18.6 Å². The van der Waals surface area contributed by atoms with Crippen molar-refractivity contribution >= 4 is 5.91 Å². The first kappa shape index (κ1) is 13.1. The van der Waals surface area contributed by atoms with Crippen molar-refractivity contribution in [3.63, 3.8) is 0 Å². The summed E-state index contributed by atoms with van der Waals surface area (Å²) in [5.74, 6) is 0.0827. The van der Waals surface area contributed by atoms with Crippen LogP contribution in [0.5, 0.6) is 0 Å². The fourth-order valence-electron chi connectivity index (χ4n) is 2.02. The third-order valence-electron chi connectivity index (χ3n) is 3.20. The minimum Gasteiger partial charge on any atom is -0.364 e. The lowest BCUT2D eigenvalue weighted by Gasteiger charge is -2.27. The van der Waals surface area contributed by atoms with Crippen LogP contribution in [0.25, 0.3) is 0 Å². The third kappa shape index (κ3) is 3.55. The van der Waals surface area contributed by atoms with Crippen LogP contribution in [0.1, 0.15) is 18.6 Å². The topological polar surface area (TPSA) is 41.6 Å². The summed E-state index contributed by atoms with van der Waals surface area (Å²) in [4.78, 5) is 13.8. The summed E-state index contributed by atoms with van der Waals surface area (Å²) in [7, 11) is 0. The van der Waals surface area contributed by atoms with E-state index in [1.54, 1.807) is 0 Å². The van der Waals surface area contributed by atoms with Gasteiger partial charge in [0, 0.05) is 26.2 Å². The average molecular weight is 248 g/mol. The van der Waals surface area contributed by atoms with E-state index in [0.29, 0.717) is 0 Å². The van der Waals surface area contributed by atoms with Crippen LogP contribution in [0.2, 0.25) is 0 Å². The van der Waals surface area contributed by atoms with Crippen molar-refractivity contribution in [2.75, 3.05) is 32.8 Å². The lowest BCUT2D eigenvalue weighted by molar-refractivity contribution is -0.138. The van der Waals surface area contributed by atoms with Gasteiger partial charge in [-0.25, -0.2) is 0 Å². The zero-order valence-electron chi connectivity index (χ0n) is 10.8. The quantitative estimate of drug-likeness (QED) is 0.870. The van der Waals surface area contributed by atoms with Gasteiger partial charge in [0.05, 0.1) is 6.10 Å². The van der Waals surface area contributed by atoms with Crippen LogP contribution in [-0.2, 0) is 9.53 Å². The number of benzene rings is 1. The monoisotopic (exact) mass is 248 g/mol. The fourth-order valence-corrected chi connectivity index (χ4v) is 2.02. The summed E-state index contributed by atoms with van der Waals surface area (Å²) in [5.41, 5.74) is 1.10. The highest BCUT2D eigenvalue weighted by atomic mass is 16.5. The number of ether oxygens (including phenoxy) is 1. The van der Waals surface area contributed by atoms with Crippen LogP contribution in [-0.4, -0.2) is 43.6 Å². The number of rotatable bonds is 4. The second-order valence-electron chi connectivity index (χ2n) is 4.49. The minimum absolute atomic E-state index is 0.0435. The third-order valence-corrected chi connectivity index (χ3v) is 3.20. The number of nitrogens with zero attached hydrogens (tertiary/aromatic N) is 1. The highest BCUT2D eigenvalue weighted by molar-refractivity contribution is 5.77. The molecule has 1 fully saturated rings. The van der Waals surface area contributed by atoms with E-state index < -0.39 is 0 Å². The average Bonchev–Trinajstić information content (AvgIpc) is 2.46. The highest BCUT2D eigenvalue weighted by Crippen LogP contribution is 2.15. The van der Waals surface area contributed by atoms with Crippen molar-refractivity contribution in [2.45, 2.75) is 13.0 Å². The van der Waals surface area contributed by atoms with Crippen molar-refractivity contribution in [1.29, 1.82) is 0 Å². The molecule has 0 aliphatic carbocycles. The van der Waals surface area contributed by atoms with Gasteiger partial charge in [0.2, 0.25) is 5.91 Å². The number of amides is 1. The van der Waals surface area contributed by atoms with Gasteiger partial charge in [-0.2, -0.15) is 0 Å². The van der Waals surface area contributed by atoms with Crippen molar-refractivity contribution in [3.05, 3.63) is 35.9 Å². The van der Waals surface area contributed by atoms with Gasteiger partial charge < -0.3 is 15.0 Å². The Morgan fingerprint density at radius 2 is 2.00 bits per heavy atom. The first-order chi connectivity index (χ1) is 8.77. The van der Waals surface area contributed by atoms with Gasteiger partial charge in [-0.05, 0) is 12.5 Å². The predicted molar refractivity (Wildman–Crippen MR) is 70.3 cm³/mol. The molecule has 1 atom stereocenters. The first-order valence-corrected chi connectivity index (χ1v) is 6.42. The van der Waals surface area contributed by atoms with Crippen molar-refractivity contribution in [1.82, 2.24) is 10.2 Å². The Bertz CT molecular complexity index is 375. The molecular formula is C14H20N2O2. The molecule has 4 heteroatoms. The standard InChI is InChI=1S/C14H20N2O2/c1-12(13-5-3-2-4-6-13)18-11-14(17)16-9-7-15-8-10-16/h2-6,12,15H,7-11H2,1H3. The van der Waals surface area contributed by atoms with E-state index in [9.17, 15) is 4.79 Å². The van der Waals surface area contributed by atoms with E-state index in [2.05, 4.69) is 5.32 Å². The van der Waals surface area contributed by atoms with Crippen LogP contribution in [0, 0.1) is 0 Å². The Labute approximate surface area is 108 Å². The molecule has 1 aliphatic heterocycles. The molecule has 0 spiro atoms. The molecule has 0 radical (unpaired) electrons. The van der Waals surface area contributed by atoms with Gasteiger partial charge in [-0.1, -0.05) is 30.3 Å². The molecule has 1 saturated heterocycles. The molecule has 1 amide bonds. The summed E-state index contributed by atoms with van der Waals surface area (Å²) in [5, 5.41) is 3.23. The largest absolute Gasteiger partial charge is 0.364 e. The van der Waals surface area contributed by atoms with Gasteiger partial charge >= 0.3 is 0 Å². The summed E-state index contributed by atoms with van der Waals surface area (Å²) >= 11 is 0. The van der Waals surface area contributed by atoms with Crippen molar-refractivity contribution in [3.8, 4) is 0 Å². The highest BCUT2D eigenvalue weighted by Gasteiger charge is 2.17. The minimum atomic E-state index is -0.0435. The van der Waals surface area contributed by atoms with E-state index in [1.807, 2.05) is 42.2 Å². The van der Waals surface area contributed by atoms with E-state index in [4.69, 9.17) is 4.74 Å². The fraction of sp³-hybridized carbons (Fsp3) is 0.500. The van der Waals surface area contributed by atoms with Crippen LogP contribution in [0.15, 0.2) is 30.3 Å². The summed E-state index contributed by atoms with van der Waals surface area (Å²) < 4.78 is 5.63. The van der Waals surface area contributed by atoms with Gasteiger partial charge in [0.25, 0.3) is 0 Å². The molecule has 4 nitrogen and oxygen atoms in total. The van der Waals surface area contributed by atoms with Gasteiger partial charge in [-0.3, -0.25) is 4.79 Å². The van der Waals surface area contributed by atoms with Crippen LogP contribution in [0.4, 0.5) is 0 Å². The van der Waals surface area contributed by atoms with E-state index in [1.165, 1.54) is 0 Å². The predicted octanol–water partition coefficient (Wildman–Crippen LogP) is 1.20. The van der Waals surface area contributed by atoms with Crippen LogP contribution in [0.3, 0.4) is 0 Å². The molecule has 2 rings (SSSR count). The zero-order chi connectivity index (χ0) is 12.8. The number of hydrogen-bond donors (Lipinski definition) is 1. The number of piperazine rings is 1. The molecule has 0 aromatic heterocycles. The summed E-state index contributed by atoms with van der Waals surface area (Å²) in [6.45, 7) is 5.44. The number of carbonyl (C=O) groups is 1. The maximum atomic E-state index is 11.9. The van der Waals surface area contributed by atoms with Crippen LogP contribution >= 0.6 is 0 Å². The molecular weight excluding hydrogens is 228 g/mol. The normalized spacial score (nSPS) is 17.5. The molecule has 1 aliphatic rings. The van der Waals surface area contributed by atoms with Crippen LogP contribution < -0.4 is 5.32 Å². The molecule has 1 aromatic carbocycles. The first-order valence-electron chi connectivity index (χ1n) is 6.42.